The summed E-state index contributed by atoms with van der Waals surface area (Å²) in [6, 6.07) is 25.1. The predicted molar refractivity (Wildman–Crippen MR) is 207 cm³/mol. The number of nitrogens with one attached hydrogen (secondary N) is 3. The van der Waals surface area contributed by atoms with Gasteiger partial charge in [-0.1, -0.05) is 55.5 Å². The van der Waals surface area contributed by atoms with Crippen molar-refractivity contribution >= 4 is 34.9 Å². The van der Waals surface area contributed by atoms with Gasteiger partial charge in [-0.2, -0.15) is 0 Å². The third kappa shape index (κ3) is 7.64. The molecule has 4 aromatic rings. The summed E-state index contributed by atoms with van der Waals surface area (Å²) in [5.41, 5.74) is 6.81. The van der Waals surface area contributed by atoms with Gasteiger partial charge in [0.15, 0.2) is 0 Å². The van der Waals surface area contributed by atoms with Crippen LogP contribution < -0.4 is 25.8 Å². The van der Waals surface area contributed by atoms with Crippen molar-refractivity contribution in [2.24, 2.45) is 0 Å². The van der Waals surface area contributed by atoms with Crippen molar-refractivity contribution in [3.05, 3.63) is 95.8 Å². The van der Waals surface area contributed by atoms with Gasteiger partial charge in [0.1, 0.15) is 5.69 Å². The van der Waals surface area contributed by atoms with Crippen molar-refractivity contribution < 1.29 is 14.4 Å². The van der Waals surface area contributed by atoms with E-state index >= 15 is 0 Å². The molecular formula is C41H51N9O3. The zero-order valence-electron chi connectivity index (χ0n) is 31.2. The van der Waals surface area contributed by atoms with E-state index in [4.69, 9.17) is 0 Å². The minimum Gasteiger partial charge on any atom is -0.378 e. The van der Waals surface area contributed by atoms with Crippen molar-refractivity contribution in [3.63, 3.8) is 0 Å². The highest BCUT2D eigenvalue weighted by atomic mass is 16.2. The van der Waals surface area contributed by atoms with Crippen molar-refractivity contribution in [1.29, 1.82) is 0 Å². The molecule has 53 heavy (non-hydrogen) atoms. The first-order chi connectivity index (χ1) is 25.7. The summed E-state index contributed by atoms with van der Waals surface area (Å²) in [6.07, 6.45) is 6.22. The van der Waals surface area contributed by atoms with Crippen LogP contribution in [0.1, 0.15) is 95.1 Å². The fraction of sp³-hybridized carbons (Fsp3) is 0.439. The first-order valence-corrected chi connectivity index (χ1v) is 19.1. The number of benzene rings is 3. The topological polar surface area (TPSA) is 128 Å². The molecule has 0 radical (unpaired) electrons. The van der Waals surface area contributed by atoms with Gasteiger partial charge in [-0.15, -0.1) is 5.10 Å². The number of rotatable bonds is 9. The Hall–Kier alpha value is -5.23. The van der Waals surface area contributed by atoms with E-state index in [0.717, 1.165) is 54.0 Å². The molecule has 0 aliphatic carbocycles. The average Bonchev–Trinajstić information content (AvgIpc) is 3.66. The third-order valence-corrected chi connectivity index (χ3v) is 11.0. The van der Waals surface area contributed by atoms with Crippen molar-refractivity contribution in [2.45, 2.75) is 103 Å². The number of urea groups is 1. The van der Waals surface area contributed by atoms with E-state index < -0.39 is 0 Å². The first kappa shape index (κ1) is 36.1. The van der Waals surface area contributed by atoms with E-state index in [1.165, 1.54) is 5.56 Å². The molecule has 0 unspecified atom stereocenters. The van der Waals surface area contributed by atoms with Gasteiger partial charge in [0.05, 0.1) is 24.5 Å². The van der Waals surface area contributed by atoms with Gasteiger partial charge in [-0.25, -0.2) is 9.48 Å². The van der Waals surface area contributed by atoms with E-state index in [1.54, 1.807) is 4.68 Å². The summed E-state index contributed by atoms with van der Waals surface area (Å²) >= 11 is 0. The largest absolute Gasteiger partial charge is 0.378 e. The maximum Gasteiger partial charge on any atom is 0.317 e. The molecule has 3 aliphatic rings. The van der Waals surface area contributed by atoms with Crippen LogP contribution in [-0.2, 0) is 16.1 Å². The number of carbonyl (C=O) groups is 3. The summed E-state index contributed by atoms with van der Waals surface area (Å²) in [5.74, 6) is 0.300. The minimum absolute atomic E-state index is 0.0830. The van der Waals surface area contributed by atoms with Gasteiger partial charge in [0.25, 0.3) is 0 Å². The van der Waals surface area contributed by atoms with Gasteiger partial charge in [0.2, 0.25) is 11.8 Å². The molecule has 278 valence electrons. The summed E-state index contributed by atoms with van der Waals surface area (Å²) in [5, 5.41) is 19.2. The molecule has 3 aromatic carbocycles. The Morgan fingerprint density at radius 1 is 0.755 bits per heavy atom. The Morgan fingerprint density at radius 3 is 1.92 bits per heavy atom. The number of anilines is 3. The molecule has 1 aromatic heterocycles. The lowest BCUT2D eigenvalue weighted by Crippen LogP contribution is -2.51. The zero-order chi connectivity index (χ0) is 37.1. The standard InChI is InChI=1S/C41H51N9O3/c1-5-39(51)49-27(3)23-35(33-11-7-9-13-37(33)49)43-29-15-17-32(18-16-29)48-26-31(45-46-48)25-42-41(53)47-21-19-30(20-22-47)44-36-24-28(4)50(40(52)6-2)38-14-10-8-12-34(36)38/h7-18,26-28,30,35-36,43-44H,5-6,19-25H2,1-4H3,(H,42,53)/t27-,28-,35+,36+/m0/s1. The number of piperidine rings is 1. The monoisotopic (exact) mass is 717 g/mol. The second-order valence-electron chi connectivity index (χ2n) is 14.6. The molecule has 1 fully saturated rings. The normalized spacial score (nSPS) is 21.5. The van der Waals surface area contributed by atoms with Crippen LogP contribution >= 0.6 is 0 Å². The Morgan fingerprint density at radius 2 is 1.32 bits per heavy atom. The Kier molecular flexibility index (Phi) is 10.8. The summed E-state index contributed by atoms with van der Waals surface area (Å²) < 4.78 is 1.72. The maximum absolute atomic E-state index is 13.1. The van der Waals surface area contributed by atoms with E-state index in [2.05, 4.69) is 58.3 Å². The third-order valence-electron chi connectivity index (χ3n) is 11.0. The Labute approximate surface area is 311 Å². The number of para-hydroxylation sites is 2. The highest BCUT2D eigenvalue weighted by Crippen LogP contribution is 2.40. The van der Waals surface area contributed by atoms with Crippen LogP contribution in [0.5, 0.6) is 0 Å². The number of nitrogens with zero attached hydrogens (tertiary/aromatic N) is 6. The average molecular weight is 718 g/mol. The van der Waals surface area contributed by atoms with Crippen LogP contribution in [0, 0.1) is 0 Å². The van der Waals surface area contributed by atoms with E-state index in [0.29, 0.717) is 37.7 Å². The summed E-state index contributed by atoms with van der Waals surface area (Å²) in [7, 11) is 0. The van der Waals surface area contributed by atoms with E-state index in [9.17, 15) is 14.4 Å². The molecule has 7 rings (SSSR count). The number of amides is 4. The molecule has 4 amide bonds. The number of hydrogen-bond acceptors (Lipinski definition) is 7. The van der Waals surface area contributed by atoms with Gasteiger partial charge in [-0.05, 0) is 87.1 Å². The molecule has 0 bridgehead atoms. The van der Waals surface area contributed by atoms with Crippen LogP contribution in [0.2, 0.25) is 0 Å². The molecule has 4 atom stereocenters. The van der Waals surface area contributed by atoms with E-state index in [-0.39, 0.29) is 48.6 Å². The number of fused-ring (bicyclic) bond motifs is 2. The SMILES string of the molecule is CCC(=O)N1c2ccccc2[C@H](Nc2ccc(-n3cc(CNC(=O)N4CCC(N[C@@H]5C[C@H](C)N(C(=O)CC)c6ccccc65)CC4)nn3)cc2)C[C@@H]1C. The van der Waals surface area contributed by atoms with Gasteiger partial charge in [-0.3, -0.25) is 9.59 Å². The second kappa shape index (κ2) is 15.8. The molecule has 0 spiro atoms. The minimum atomic E-state index is -0.0976. The summed E-state index contributed by atoms with van der Waals surface area (Å²) in [6.45, 7) is 9.68. The smallest absolute Gasteiger partial charge is 0.317 e. The highest BCUT2D eigenvalue weighted by Gasteiger charge is 2.35. The number of aromatic nitrogens is 3. The van der Waals surface area contributed by atoms with Crippen LogP contribution in [0.4, 0.5) is 21.9 Å². The molecule has 0 saturated carbocycles. The van der Waals surface area contributed by atoms with Crippen LogP contribution in [0.15, 0.2) is 79.0 Å². The lowest BCUT2D eigenvalue weighted by atomic mass is 9.90. The molecule has 3 aliphatic heterocycles. The van der Waals surface area contributed by atoms with Gasteiger partial charge >= 0.3 is 6.03 Å². The number of hydrogen-bond donors (Lipinski definition) is 3. The molecule has 12 heteroatoms. The second-order valence-corrected chi connectivity index (χ2v) is 14.6. The first-order valence-electron chi connectivity index (χ1n) is 19.1. The maximum atomic E-state index is 13.1. The van der Waals surface area contributed by atoms with Gasteiger partial charge in [0, 0.05) is 67.2 Å². The zero-order valence-corrected chi connectivity index (χ0v) is 31.2. The Bertz CT molecular complexity index is 1920. The van der Waals surface area contributed by atoms with Crippen molar-refractivity contribution in [3.8, 4) is 5.69 Å². The number of likely N-dealkylation sites (tertiary alicyclic amines) is 1. The predicted octanol–water partition coefficient (Wildman–Crippen LogP) is 6.50. The van der Waals surface area contributed by atoms with Crippen molar-refractivity contribution in [2.75, 3.05) is 28.2 Å². The lowest BCUT2D eigenvalue weighted by molar-refractivity contribution is -0.119. The fourth-order valence-corrected chi connectivity index (χ4v) is 8.25. The molecular weight excluding hydrogens is 667 g/mol. The molecule has 12 nitrogen and oxygen atoms in total. The molecule has 4 heterocycles. The number of carbonyl (C=O) groups excluding carboxylic acids is 3. The quantitative estimate of drug-likeness (QED) is 0.181. The van der Waals surface area contributed by atoms with E-state index in [1.807, 2.05) is 89.3 Å². The lowest BCUT2D eigenvalue weighted by Gasteiger charge is -2.42. The van der Waals surface area contributed by atoms with Crippen LogP contribution in [0.25, 0.3) is 5.69 Å². The fourth-order valence-electron chi connectivity index (χ4n) is 8.25. The van der Waals surface area contributed by atoms with Crippen molar-refractivity contribution in [1.82, 2.24) is 30.5 Å². The van der Waals surface area contributed by atoms with Crippen LogP contribution in [-0.4, -0.2) is 69.0 Å². The molecule has 3 N–H and O–H groups in total. The highest BCUT2D eigenvalue weighted by molar-refractivity contribution is 5.96. The van der Waals surface area contributed by atoms with Crippen LogP contribution in [0.3, 0.4) is 0 Å². The molecule has 1 saturated heterocycles. The summed E-state index contributed by atoms with van der Waals surface area (Å²) in [4.78, 5) is 44.3. The Balaban J connectivity index is 0.894. The van der Waals surface area contributed by atoms with Gasteiger partial charge < -0.3 is 30.7 Å².